The van der Waals surface area contributed by atoms with Crippen LogP contribution in [0.2, 0.25) is 0 Å². The average Bonchev–Trinajstić information content (AvgIpc) is 3.14. The Labute approximate surface area is 130 Å². The molecule has 0 N–H and O–H groups in total. The van der Waals surface area contributed by atoms with E-state index in [1.165, 1.54) is 10.8 Å². The standard InChI is InChI=1S/C13H16F3N5O2/c1-22-4-5-23-9-2-3-20(7-9)11-6-10(13(14,15)16)19-12-17-8-18-21(11)12/h6,8-9H,2-5,7H2,1H3. The highest BCUT2D eigenvalue weighted by Crippen LogP contribution is 2.31. The van der Waals surface area contributed by atoms with Crippen LogP contribution in [0, 0.1) is 0 Å². The van der Waals surface area contributed by atoms with E-state index in [4.69, 9.17) is 9.47 Å². The Kier molecular flexibility index (Phi) is 4.35. The van der Waals surface area contributed by atoms with Crippen LogP contribution in [-0.2, 0) is 15.7 Å². The first-order valence-electron chi connectivity index (χ1n) is 7.12. The third-order valence-corrected chi connectivity index (χ3v) is 3.63. The first kappa shape index (κ1) is 15.9. The highest BCUT2D eigenvalue weighted by atomic mass is 19.4. The van der Waals surface area contributed by atoms with Crippen LogP contribution >= 0.6 is 0 Å². The van der Waals surface area contributed by atoms with Gasteiger partial charge in [-0.1, -0.05) is 0 Å². The molecule has 0 radical (unpaired) electrons. The van der Waals surface area contributed by atoms with E-state index in [1.54, 1.807) is 12.0 Å². The zero-order chi connectivity index (χ0) is 16.4. The van der Waals surface area contributed by atoms with Crippen molar-refractivity contribution in [3.63, 3.8) is 0 Å². The van der Waals surface area contributed by atoms with E-state index in [1.807, 2.05) is 0 Å². The van der Waals surface area contributed by atoms with Gasteiger partial charge in [-0.05, 0) is 6.42 Å². The lowest BCUT2D eigenvalue weighted by molar-refractivity contribution is -0.141. The minimum absolute atomic E-state index is 0.0498. The molecule has 0 aliphatic carbocycles. The summed E-state index contributed by atoms with van der Waals surface area (Å²) in [4.78, 5) is 9.08. The Balaban J connectivity index is 1.83. The van der Waals surface area contributed by atoms with Gasteiger partial charge in [-0.3, -0.25) is 0 Å². The summed E-state index contributed by atoms with van der Waals surface area (Å²) in [6.07, 6.45) is -2.67. The van der Waals surface area contributed by atoms with Gasteiger partial charge < -0.3 is 14.4 Å². The number of methoxy groups -OCH3 is 1. The van der Waals surface area contributed by atoms with Crippen molar-refractivity contribution in [3.8, 4) is 0 Å². The van der Waals surface area contributed by atoms with Crippen LogP contribution in [0.1, 0.15) is 12.1 Å². The molecule has 10 heteroatoms. The van der Waals surface area contributed by atoms with E-state index >= 15 is 0 Å². The van der Waals surface area contributed by atoms with Gasteiger partial charge in [0, 0.05) is 26.3 Å². The van der Waals surface area contributed by atoms with Crippen molar-refractivity contribution in [1.82, 2.24) is 19.6 Å². The summed E-state index contributed by atoms with van der Waals surface area (Å²) in [5.74, 6) is 0.247. The smallest absolute Gasteiger partial charge is 0.382 e. The third-order valence-electron chi connectivity index (χ3n) is 3.63. The molecule has 0 bridgehead atoms. The lowest BCUT2D eigenvalue weighted by Gasteiger charge is -2.20. The fourth-order valence-electron chi connectivity index (χ4n) is 2.54. The summed E-state index contributed by atoms with van der Waals surface area (Å²) in [7, 11) is 1.58. The van der Waals surface area contributed by atoms with Crippen molar-refractivity contribution in [2.45, 2.75) is 18.7 Å². The molecule has 1 aliphatic heterocycles. The van der Waals surface area contributed by atoms with Gasteiger partial charge in [0.05, 0.1) is 19.3 Å². The summed E-state index contributed by atoms with van der Waals surface area (Å²) in [5, 5.41) is 3.96. The van der Waals surface area contributed by atoms with Gasteiger partial charge in [0.2, 0.25) is 0 Å². The molecule has 2 aromatic heterocycles. The molecule has 23 heavy (non-hydrogen) atoms. The van der Waals surface area contributed by atoms with E-state index in [0.29, 0.717) is 32.1 Å². The number of fused-ring (bicyclic) bond motifs is 1. The van der Waals surface area contributed by atoms with E-state index in [9.17, 15) is 13.2 Å². The number of aromatic nitrogens is 4. The number of ether oxygens (including phenoxy) is 2. The van der Waals surface area contributed by atoms with Gasteiger partial charge in [-0.2, -0.15) is 27.8 Å². The Morgan fingerprint density at radius 3 is 2.91 bits per heavy atom. The molecule has 1 atom stereocenters. The molecule has 126 valence electrons. The topological polar surface area (TPSA) is 64.8 Å². The number of anilines is 1. The van der Waals surface area contributed by atoms with Crippen LogP contribution in [0.3, 0.4) is 0 Å². The maximum atomic E-state index is 13.0. The molecule has 1 unspecified atom stereocenters. The predicted molar refractivity (Wildman–Crippen MR) is 74.2 cm³/mol. The molecule has 1 aliphatic rings. The van der Waals surface area contributed by atoms with Crippen molar-refractivity contribution in [2.75, 3.05) is 38.3 Å². The number of halogens is 3. The summed E-state index contributed by atoms with van der Waals surface area (Å²) in [6, 6.07) is 0.999. The van der Waals surface area contributed by atoms with Gasteiger partial charge >= 0.3 is 6.18 Å². The number of nitrogens with zero attached hydrogens (tertiary/aromatic N) is 5. The Bertz CT molecular complexity index is 675. The molecular weight excluding hydrogens is 315 g/mol. The van der Waals surface area contributed by atoms with Crippen LogP contribution < -0.4 is 4.90 Å². The molecule has 0 saturated carbocycles. The second-order valence-corrected chi connectivity index (χ2v) is 5.19. The zero-order valence-corrected chi connectivity index (χ0v) is 12.5. The molecule has 2 aromatic rings. The number of alkyl halides is 3. The number of hydrogen-bond donors (Lipinski definition) is 0. The van der Waals surface area contributed by atoms with E-state index in [-0.39, 0.29) is 11.9 Å². The summed E-state index contributed by atoms with van der Waals surface area (Å²) in [6.45, 7) is 2.00. The third kappa shape index (κ3) is 3.37. The minimum Gasteiger partial charge on any atom is -0.382 e. The van der Waals surface area contributed by atoms with Crippen LogP contribution in [0.25, 0.3) is 5.78 Å². The fourth-order valence-corrected chi connectivity index (χ4v) is 2.54. The molecule has 7 nitrogen and oxygen atoms in total. The Hall–Kier alpha value is -1.94. The normalized spacial score (nSPS) is 19.0. The van der Waals surface area contributed by atoms with Crippen LogP contribution in [0.4, 0.5) is 19.0 Å². The maximum absolute atomic E-state index is 13.0. The van der Waals surface area contributed by atoms with Gasteiger partial charge in [0.15, 0.2) is 5.69 Å². The Morgan fingerprint density at radius 2 is 2.17 bits per heavy atom. The summed E-state index contributed by atoms with van der Waals surface area (Å²) in [5.41, 5.74) is -0.975. The van der Waals surface area contributed by atoms with E-state index < -0.39 is 11.9 Å². The molecule has 1 fully saturated rings. The van der Waals surface area contributed by atoms with E-state index in [0.717, 1.165) is 12.5 Å². The molecule has 3 heterocycles. The Morgan fingerprint density at radius 1 is 1.35 bits per heavy atom. The van der Waals surface area contributed by atoms with Crippen molar-refractivity contribution in [1.29, 1.82) is 0 Å². The largest absolute Gasteiger partial charge is 0.433 e. The lowest BCUT2D eigenvalue weighted by Crippen LogP contribution is -2.26. The number of hydrogen-bond acceptors (Lipinski definition) is 6. The monoisotopic (exact) mass is 331 g/mol. The second-order valence-electron chi connectivity index (χ2n) is 5.19. The summed E-state index contributed by atoms with van der Waals surface area (Å²) >= 11 is 0. The van der Waals surface area contributed by atoms with Crippen molar-refractivity contribution >= 4 is 11.6 Å². The van der Waals surface area contributed by atoms with Gasteiger partial charge in [-0.25, -0.2) is 4.98 Å². The highest BCUT2D eigenvalue weighted by Gasteiger charge is 2.35. The van der Waals surface area contributed by atoms with Gasteiger partial charge in [-0.15, -0.1) is 0 Å². The average molecular weight is 331 g/mol. The molecule has 3 rings (SSSR count). The van der Waals surface area contributed by atoms with Crippen LogP contribution in [-0.4, -0.2) is 59.1 Å². The van der Waals surface area contributed by atoms with Crippen molar-refractivity contribution < 1.29 is 22.6 Å². The molecule has 1 saturated heterocycles. The highest BCUT2D eigenvalue weighted by molar-refractivity contribution is 5.48. The predicted octanol–water partition coefficient (Wildman–Crippen LogP) is 1.38. The van der Waals surface area contributed by atoms with Crippen LogP contribution in [0.5, 0.6) is 0 Å². The van der Waals surface area contributed by atoms with E-state index in [2.05, 4.69) is 15.1 Å². The molecule has 0 aromatic carbocycles. The maximum Gasteiger partial charge on any atom is 0.433 e. The first-order chi connectivity index (χ1) is 11.0. The first-order valence-corrected chi connectivity index (χ1v) is 7.12. The van der Waals surface area contributed by atoms with Crippen molar-refractivity contribution in [2.24, 2.45) is 0 Å². The number of rotatable bonds is 5. The summed E-state index contributed by atoms with van der Waals surface area (Å²) < 4.78 is 50.9. The minimum atomic E-state index is -4.53. The van der Waals surface area contributed by atoms with Gasteiger partial charge in [0.25, 0.3) is 5.78 Å². The second kappa shape index (κ2) is 6.28. The van der Waals surface area contributed by atoms with Crippen LogP contribution in [0.15, 0.2) is 12.4 Å². The molecule has 0 spiro atoms. The quantitative estimate of drug-likeness (QED) is 0.772. The molecule has 0 amide bonds. The lowest BCUT2D eigenvalue weighted by atomic mass is 10.3. The zero-order valence-electron chi connectivity index (χ0n) is 12.5. The fraction of sp³-hybridized carbons (Fsp3) is 0.615. The van der Waals surface area contributed by atoms with Gasteiger partial charge in [0.1, 0.15) is 12.1 Å². The van der Waals surface area contributed by atoms with Crippen molar-refractivity contribution in [3.05, 3.63) is 18.1 Å². The molecular formula is C13H16F3N5O2. The SMILES string of the molecule is COCCOC1CCN(c2cc(C(F)(F)F)nc3ncnn23)C1.